The van der Waals surface area contributed by atoms with Crippen molar-refractivity contribution in [1.29, 1.82) is 0 Å². The van der Waals surface area contributed by atoms with E-state index in [4.69, 9.17) is 9.15 Å². The summed E-state index contributed by atoms with van der Waals surface area (Å²) in [6, 6.07) is 13.9. The van der Waals surface area contributed by atoms with Crippen molar-refractivity contribution in [2.75, 3.05) is 11.9 Å². The highest BCUT2D eigenvalue weighted by Gasteiger charge is 2.21. The molecule has 0 aliphatic carbocycles. The fourth-order valence-electron chi connectivity index (χ4n) is 2.58. The minimum atomic E-state index is -0.514. The van der Waals surface area contributed by atoms with Gasteiger partial charge in [0.25, 0.3) is 0 Å². The van der Waals surface area contributed by atoms with Crippen LogP contribution >= 0.6 is 0 Å². The Labute approximate surface area is 158 Å². The molecule has 0 fully saturated rings. The van der Waals surface area contributed by atoms with Gasteiger partial charge in [0, 0.05) is 28.8 Å². The van der Waals surface area contributed by atoms with E-state index in [1.54, 1.807) is 18.2 Å². The van der Waals surface area contributed by atoms with Crippen LogP contribution in [0.25, 0.3) is 22.3 Å². The number of ether oxygens (including phenoxy) is 1. The summed E-state index contributed by atoms with van der Waals surface area (Å²) in [7, 11) is 0. The summed E-state index contributed by atoms with van der Waals surface area (Å²) in [5.74, 6) is 1.12. The maximum Gasteiger partial charge on any atom is 0.229 e. The fraction of sp³-hybridized carbons (Fsp3) is 0.273. The molecule has 0 aliphatic heterocycles. The number of fused-ring (bicyclic) bond motifs is 1. The highest BCUT2D eigenvalue weighted by Crippen LogP contribution is 2.26. The molecule has 0 atom stereocenters. The van der Waals surface area contributed by atoms with Crippen LogP contribution in [-0.4, -0.2) is 12.5 Å². The molecule has 1 amide bonds. The Morgan fingerprint density at radius 2 is 1.78 bits per heavy atom. The molecule has 0 unspecified atom stereocenters. The van der Waals surface area contributed by atoms with E-state index in [0.29, 0.717) is 29.0 Å². The molecule has 5 heteroatoms. The number of benzene rings is 2. The molecule has 0 spiro atoms. The smallest absolute Gasteiger partial charge is 0.229 e. The van der Waals surface area contributed by atoms with Gasteiger partial charge in [-0.2, -0.15) is 0 Å². The van der Waals surface area contributed by atoms with E-state index < -0.39 is 5.41 Å². The molecule has 140 valence electrons. The number of amides is 1. The van der Waals surface area contributed by atoms with Gasteiger partial charge in [-0.1, -0.05) is 20.8 Å². The molecule has 1 heterocycles. The van der Waals surface area contributed by atoms with Crippen LogP contribution in [0.3, 0.4) is 0 Å². The standard InChI is InChI=1S/C22H23NO4/c1-5-26-16-9-6-14(7-10-16)19-13-18(24)17-11-8-15(12-20(17)27-19)23-21(25)22(2,3)4/h6-13H,5H2,1-4H3,(H,23,25). The number of hydrogen-bond donors (Lipinski definition) is 1. The molecular weight excluding hydrogens is 342 g/mol. The largest absolute Gasteiger partial charge is 0.494 e. The first kappa shape index (κ1) is 18.7. The average Bonchev–Trinajstić information content (AvgIpc) is 2.61. The van der Waals surface area contributed by atoms with E-state index in [-0.39, 0.29) is 11.3 Å². The third-order valence-electron chi connectivity index (χ3n) is 4.12. The predicted octanol–water partition coefficient (Wildman–Crippen LogP) is 4.84. The Hall–Kier alpha value is -3.08. The number of nitrogens with one attached hydrogen (secondary N) is 1. The zero-order valence-corrected chi connectivity index (χ0v) is 16.0. The lowest BCUT2D eigenvalue weighted by atomic mass is 9.95. The molecule has 2 aromatic carbocycles. The molecule has 1 aromatic heterocycles. The fourth-order valence-corrected chi connectivity index (χ4v) is 2.58. The van der Waals surface area contributed by atoms with Crippen LogP contribution in [-0.2, 0) is 4.79 Å². The van der Waals surface area contributed by atoms with Crippen molar-refractivity contribution < 1.29 is 13.9 Å². The van der Waals surface area contributed by atoms with Crippen LogP contribution in [0.2, 0.25) is 0 Å². The number of carbonyl (C=O) groups is 1. The van der Waals surface area contributed by atoms with Crippen molar-refractivity contribution >= 4 is 22.6 Å². The minimum absolute atomic E-state index is 0.105. The second-order valence-corrected chi connectivity index (χ2v) is 7.35. The van der Waals surface area contributed by atoms with E-state index >= 15 is 0 Å². The molecule has 27 heavy (non-hydrogen) atoms. The highest BCUT2D eigenvalue weighted by molar-refractivity contribution is 5.96. The normalized spacial score (nSPS) is 11.4. The zero-order valence-electron chi connectivity index (χ0n) is 16.0. The Morgan fingerprint density at radius 3 is 2.41 bits per heavy atom. The molecule has 3 aromatic rings. The molecule has 0 aliphatic rings. The van der Waals surface area contributed by atoms with Gasteiger partial charge >= 0.3 is 0 Å². The Kier molecular flexibility index (Phi) is 5.04. The van der Waals surface area contributed by atoms with Gasteiger partial charge < -0.3 is 14.5 Å². The van der Waals surface area contributed by atoms with Crippen molar-refractivity contribution in [3.05, 3.63) is 58.8 Å². The summed E-state index contributed by atoms with van der Waals surface area (Å²) in [4.78, 5) is 24.7. The molecule has 0 saturated carbocycles. The lowest BCUT2D eigenvalue weighted by Gasteiger charge is -2.17. The molecule has 1 N–H and O–H groups in total. The Balaban J connectivity index is 1.98. The van der Waals surface area contributed by atoms with Gasteiger partial charge in [-0.3, -0.25) is 9.59 Å². The number of rotatable bonds is 4. The van der Waals surface area contributed by atoms with Crippen molar-refractivity contribution in [3.8, 4) is 17.1 Å². The van der Waals surface area contributed by atoms with E-state index in [1.807, 2.05) is 52.0 Å². The second kappa shape index (κ2) is 7.27. The van der Waals surface area contributed by atoms with Gasteiger partial charge in [0.05, 0.1) is 12.0 Å². The third-order valence-corrected chi connectivity index (χ3v) is 4.12. The first-order valence-corrected chi connectivity index (χ1v) is 8.90. The lowest BCUT2D eigenvalue weighted by Crippen LogP contribution is -2.27. The SMILES string of the molecule is CCOc1ccc(-c2cc(=O)c3ccc(NC(=O)C(C)(C)C)cc3o2)cc1. The van der Waals surface area contributed by atoms with Gasteiger partial charge in [0.1, 0.15) is 17.1 Å². The number of carbonyl (C=O) groups excluding carboxylic acids is 1. The van der Waals surface area contributed by atoms with E-state index in [0.717, 1.165) is 11.3 Å². The first-order chi connectivity index (χ1) is 12.8. The molecule has 0 saturated heterocycles. The second-order valence-electron chi connectivity index (χ2n) is 7.35. The minimum Gasteiger partial charge on any atom is -0.494 e. The topological polar surface area (TPSA) is 68.5 Å². The maximum atomic E-state index is 12.5. The Morgan fingerprint density at radius 1 is 1.07 bits per heavy atom. The summed E-state index contributed by atoms with van der Waals surface area (Å²) in [5, 5.41) is 3.33. The first-order valence-electron chi connectivity index (χ1n) is 8.90. The highest BCUT2D eigenvalue weighted by atomic mass is 16.5. The van der Waals surface area contributed by atoms with Crippen LogP contribution in [0, 0.1) is 5.41 Å². The molecule has 0 radical (unpaired) electrons. The van der Waals surface area contributed by atoms with Crippen LogP contribution in [0.4, 0.5) is 5.69 Å². The molecule has 3 rings (SSSR count). The van der Waals surface area contributed by atoms with Crippen LogP contribution in [0.1, 0.15) is 27.7 Å². The van der Waals surface area contributed by atoms with Crippen molar-refractivity contribution in [3.63, 3.8) is 0 Å². The number of hydrogen-bond acceptors (Lipinski definition) is 4. The van der Waals surface area contributed by atoms with Crippen LogP contribution < -0.4 is 15.5 Å². The molecular formula is C22H23NO4. The number of anilines is 1. The average molecular weight is 365 g/mol. The molecule has 0 bridgehead atoms. The summed E-state index contributed by atoms with van der Waals surface area (Å²) in [6.07, 6.45) is 0. The van der Waals surface area contributed by atoms with Crippen molar-refractivity contribution in [2.24, 2.45) is 5.41 Å². The summed E-state index contributed by atoms with van der Waals surface area (Å²) < 4.78 is 11.4. The predicted molar refractivity (Wildman–Crippen MR) is 107 cm³/mol. The van der Waals surface area contributed by atoms with Gasteiger partial charge in [-0.25, -0.2) is 0 Å². The van der Waals surface area contributed by atoms with Crippen LogP contribution in [0.15, 0.2) is 57.7 Å². The van der Waals surface area contributed by atoms with E-state index in [9.17, 15) is 9.59 Å². The van der Waals surface area contributed by atoms with Crippen molar-refractivity contribution in [1.82, 2.24) is 0 Å². The summed E-state index contributed by atoms with van der Waals surface area (Å²) in [6.45, 7) is 8.04. The quantitative estimate of drug-likeness (QED) is 0.718. The van der Waals surface area contributed by atoms with Gasteiger partial charge in [-0.15, -0.1) is 0 Å². The lowest BCUT2D eigenvalue weighted by molar-refractivity contribution is -0.123. The van der Waals surface area contributed by atoms with Crippen molar-refractivity contribution in [2.45, 2.75) is 27.7 Å². The zero-order chi connectivity index (χ0) is 19.6. The molecule has 5 nitrogen and oxygen atoms in total. The third kappa shape index (κ3) is 4.19. The monoisotopic (exact) mass is 365 g/mol. The summed E-state index contributed by atoms with van der Waals surface area (Å²) in [5.41, 5.74) is 1.16. The maximum absolute atomic E-state index is 12.5. The van der Waals surface area contributed by atoms with E-state index in [1.165, 1.54) is 6.07 Å². The van der Waals surface area contributed by atoms with Gasteiger partial charge in [0.2, 0.25) is 5.91 Å². The Bertz CT molecular complexity index is 1030. The van der Waals surface area contributed by atoms with Crippen LogP contribution in [0.5, 0.6) is 5.75 Å². The van der Waals surface area contributed by atoms with Gasteiger partial charge in [-0.05, 0) is 43.3 Å². The van der Waals surface area contributed by atoms with E-state index in [2.05, 4.69) is 5.32 Å². The van der Waals surface area contributed by atoms with Gasteiger partial charge in [0.15, 0.2) is 5.43 Å². The summed E-state index contributed by atoms with van der Waals surface area (Å²) >= 11 is 0.